The molecule has 0 radical (unpaired) electrons. The van der Waals surface area contributed by atoms with Crippen LogP contribution in [-0.4, -0.2) is 46.0 Å². The first-order chi connectivity index (χ1) is 8.45. The molecular formula is C12H21N5O. The summed E-state index contributed by atoms with van der Waals surface area (Å²) in [4.78, 5) is 1.93. The van der Waals surface area contributed by atoms with Crippen LogP contribution in [0.15, 0.2) is 0 Å². The van der Waals surface area contributed by atoms with E-state index in [0.717, 1.165) is 11.4 Å². The summed E-state index contributed by atoms with van der Waals surface area (Å²) in [6.07, 6.45) is -0.0538. The number of hydrogen-bond acceptors (Lipinski definition) is 5. The van der Waals surface area contributed by atoms with Crippen LogP contribution in [-0.2, 0) is 6.54 Å². The van der Waals surface area contributed by atoms with Crippen LogP contribution < -0.4 is 5.73 Å². The number of aryl methyl sites for hydroxylation is 1. The second kappa shape index (κ2) is 6.38. The highest BCUT2D eigenvalue weighted by atomic mass is 16.3. The summed E-state index contributed by atoms with van der Waals surface area (Å²) < 4.78 is 1.73. The molecule has 0 aliphatic carbocycles. The van der Waals surface area contributed by atoms with Gasteiger partial charge in [0, 0.05) is 19.5 Å². The van der Waals surface area contributed by atoms with E-state index < -0.39 is 6.10 Å². The molecule has 0 aliphatic heterocycles. The van der Waals surface area contributed by atoms with Gasteiger partial charge in [0.05, 0.1) is 35.8 Å². The zero-order valence-electron chi connectivity index (χ0n) is 11.2. The predicted molar refractivity (Wildman–Crippen MR) is 69.8 cm³/mol. The SMILES string of the molecule is Cc1nn(CC(O)CN(C)CCC#N)c(C)c1N. The van der Waals surface area contributed by atoms with Gasteiger partial charge in [-0.1, -0.05) is 0 Å². The van der Waals surface area contributed by atoms with Crippen molar-refractivity contribution in [3.05, 3.63) is 11.4 Å². The van der Waals surface area contributed by atoms with Gasteiger partial charge in [-0.3, -0.25) is 4.68 Å². The van der Waals surface area contributed by atoms with Crippen molar-refractivity contribution in [2.45, 2.75) is 32.9 Å². The van der Waals surface area contributed by atoms with E-state index >= 15 is 0 Å². The van der Waals surface area contributed by atoms with E-state index in [0.29, 0.717) is 31.7 Å². The highest BCUT2D eigenvalue weighted by molar-refractivity contribution is 5.46. The molecule has 1 heterocycles. The molecule has 0 amide bonds. The van der Waals surface area contributed by atoms with Gasteiger partial charge in [0.1, 0.15) is 0 Å². The van der Waals surface area contributed by atoms with Gasteiger partial charge in [-0.25, -0.2) is 0 Å². The van der Waals surface area contributed by atoms with Crippen molar-refractivity contribution < 1.29 is 5.11 Å². The Bertz CT molecular complexity index is 434. The maximum absolute atomic E-state index is 9.97. The first kappa shape index (κ1) is 14.5. The zero-order valence-corrected chi connectivity index (χ0v) is 11.2. The largest absolute Gasteiger partial charge is 0.396 e. The number of aliphatic hydroxyl groups excluding tert-OH is 1. The molecule has 0 fully saturated rings. The zero-order chi connectivity index (χ0) is 13.7. The molecule has 1 aromatic rings. The van der Waals surface area contributed by atoms with Crippen LogP contribution in [0.4, 0.5) is 5.69 Å². The van der Waals surface area contributed by atoms with Crippen molar-refractivity contribution in [1.82, 2.24) is 14.7 Å². The molecule has 0 aliphatic rings. The van der Waals surface area contributed by atoms with Crippen molar-refractivity contribution in [3.8, 4) is 6.07 Å². The smallest absolute Gasteiger partial charge is 0.0862 e. The predicted octanol–water partition coefficient (Wildman–Crippen LogP) is 0.289. The van der Waals surface area contributed by atoms with Crippen LogP contribution in [0.25, 0.3) is 0 Å². The molecule has 0 bridgehead atoms. The number of likely N-dealkylation sites (N-methyl/N-ethyl adjacent to an activating group) is 1. The van der Waals surface area contributed by atoms with Gasteiger partial charge >= 0.3 is 0 Å². The molecule has 1 unspecified atom stereocenters. The number of nitrogens with two attached hydrogens (primary N) is 1. The van der Waals surface area contributed by atoms with Crippen LogP contribution in [0.3, 0.4) is 0 Å². The van der Waals surface area contributed by atoms with Gasteiger partial charge in [-0.05, 0) is 20.9 Å². The summed E-state index contributed by atoms with van der Waals surface area (Å²) in [5.74, 6) is 0. The summed E-state index contributed by atoms with van der Waals surface area (Å²) in [5.41, 5.74) is 8.18. The Labute approximate surface area is 108 Å². The lowest BCUT2D eigenvalue weighted by Crippen LogP contribution is -2.33. The molecule has 1 aromatic heterocycles. The maximum atomic E-state index is 9.97. The summed E-state index contributed by atoms with van der Waals surface area (Å²) in [6, 6.07) is 2.08. The number of rotatable bonds is 6. The standard InChI is InChI=1S/C12H21N5O/c1-9-12(14)10(2)17(15-9)8-11(18)7-16(3)6-4-5-13/h11,18H,4,6-8,14H2,1-3H3. The number of nitriles is 1. The van der Waals surface area contributed by atoms with E-state index in [4.69, 9.17) is 11.0 Å². The van der Waals surface area contributed by atoms with Crippen molar-refractivity contribution >= 4 is 5.69 Å². The first-order valence-electron chi connectivity index (χ1n) is 5.98. The van der Waals surface area contributed by atoms with Gasteiger partial charge in [0.2, 0.25) is 0 Å². The Morgan fingerprint density at radius 3 is 2.72 bits per heavy atom. The van der Waals surface area contributed by atoms with Gasteiger partial charge in [-0.2, -0.15) is 10.4 Å². The van der Waals surface area contributed by atoms with Crippen LogP contribution in [0.2, 0.25) is 0 Å². The molecule has 18 heavy (non-hydrogen) atoms. The molecule has 0 saturated heterocycles. The number of nitrogen functional groups attached to an aromatic ring is 1. The van der Waals surface area contributed by atoms with E-state index in [1.54, 1.807) is 4.68 Å². The molecule has 0 saturated carbocycles. The molecule has 100 valence electrons. The van der Waals surface area contributed by atoms with Crippen molar-refractivity contribution in [1.29, 1.82) is 5.26 Å². The van der Waals surface area contributed by atoms with Gasteiger partial charge in [0.25, 0.3) is 0 Å². The number of hydrogen-bond donors (Lipinski definition) is 2. The lowest BCUT2D eigenvalue weighted by atomic mass is 10.3. The van der Waals surface area contributed by atoms with Gasteiger partial charge in [0.15, 0.2) is 0 Å². The topological polar surface area (TPSA) is 91.1 Å². The normalized spacial score (nSPS) is 12.7. The van der Waals surface area contributed by atoms with E-state index in [1.807, 2.05) is 25.8 Å². The third-order valence-corrected chi connectivity index (χ3v) is 2.95. The Hall–Kier alpha value is -1.58. The van der Waals surface area contributed by atoms with Crippen molar-refractivity contribution in [3.63, 3.8) is 0 Å². The number of anilines is 1. The first-order valence-corrected chi connectivity index (χ1v) is 5.98. The lowest BCUT2D eigenvalue weighted by Gasteiger charge is -2.19. The average molecular weight is 251 g/mol. The van der Waals surface area contributed by atoms with Crippen molar-refractivity contribution in [2.75, 3.05) is 25.9 Å². The molecule has 0 aromatic carbocycles. The Kier molecular flexibility index (Phi) is 5.13. The van der Waals surface area contributed by atoms with E-state index in [-0.39, 0.29) is 0 Å². The Morgan fingerprint density at radius 2 is 2.22 bits per heavy atom. The fraction of sp³-hybridized carbons (Fsp3) is 0.667. The summed E-state index contributed by atoms with van der Waals surface area (Å²) in [6.45, 7) is 5.33. The van der Waals surface area contributed by atoms with Crippen LogP contribution in [0.5, 0.6) is 0 Å². The molecular weight excluding hydrogens is 230 g/mol. The molecule has 0 spiro atoms. The van der Waals surface area contributed by atoms with Crippen LogP contribution >= 0.6 is 0 Å². The number of nitrogens with zero attached hydrogens (tertiary/aromatic N) is 4. The molecule has 6 heteroatoms. The second-order valence-electron chi connectivity index (χ2n) is 4.59. The number of aliphatic hydroxyl groups is 1. The highest BCUT2D eigenvalue weighted by Crippen LogP contribution is 2.15. The highest BCUT2D eigenvalue weighted by Gasteiger charge is 2.13. The average Bonchev–Trinajstić information content (AvgIpc) is 2.54. The van der Waals surface area contributed by atoms with Gasteiger partial charge in [-0.15, -0.1) is 0 Å². The van der Waals surface area contributed by atoms with Crippen LogP contribution in [0, 0.1) is 25.2 Å². The third kappa shape index (κ3) is 3.72. The quantitative estimate of drug-likeness (QED) is 0.758. The Morgan fingerprint density at radius 1 is 1.56 bits per heavy atom. The van der Waals surface area contributed by atoms with E-state index in [2.05, 4.69) is 11.2 Å². The fourth-order valence-corrected chi connectivity index (χ4v) is 1.84. The van der Waals surface area contributed by atoms with Crippen molar-refractivity contribution in [2.24, 2.45) is 0 Å². The van der Waals surface area contributed by atoms with E-state index in [1.165, 1.54) is 0 Å². The summed E-state index contributed by atoms with van der Waals surface area (Å²) in [5, 5.41) is 22.7. The molecule has 3 N–H and O–H groups in total. The summed E-state index contributed by atoms with van der Waals surface area (Å²) in [7, 11) is 1.89. The molecule has 1 atom stereocenters. The monoisotopic (exact) mass is 251 g/mol. The minimum absolute atomic E-state index is 0.417. The molecule has 1 rings (SSSR count). The fourth-order valence-electron chi connectivity index (χ4n) is 1.84. The maximum Gasteiger partial charge on any atom is 0.0862 e. The van der Waals surface area contributed by atoms with E-state index in [9.17, 15) is 5.11 Å². The number of aromatic nitrogens is 2. The minimum atomic E-state index is -0.522. The molecule has 6 nitrogen and oxygen atoms in total. The van der Waals surface area contributed by atoms with Gasteiger partial charge < -0.3 is 15.7 Å². The Balaban J connectivity index is 2.52. The minimum Gasteiger partial charge on any atom is -0.396 e. The third-order valence-electron chi connectivity index (χ3n) is 2.95. The second-order valence-corrected chi connectivity index (χ2v) is 4.59. The van der Waals surface area contributed by atoms with Crippen LogP contribution in [0.1, 0.15) is 17.8 Å². The summed E-state index contributed by atoms with van der Waals surface area (Å²) >= 11 is 0. The lowest BCUT2D eigenvalue weighted by molar-refractivity contribution is 0.106.